The van der Waals surface area contributed by atoms with Gasteiger partial charge < -0.3 is 11.1 Å². The average Bonchev–Trinajstić information content (AvgIpc) is 2.10. The summed E-state index contributed by atoms with van der Waals surface area (Å²) in [6.45, 7) is 7.25. The third kappa shape index (κ3) is 3.64. The molecule has 1 aliphatic rings. The van der Waals surface area contributed by atoms with Crippen molar-refractivity contribution in [1.29, 1.82) is 0 Å². The third-order valence-electron chi connectivity index (χ3n) is 3.28. The second kappa shape index (κ2) is 4.59. The van der Waals surface area contributed by atoms with Gasteiger partial charge in [0, 0.05) is 12.6 Å². The number of carbonyl (C=O) groups excluding carboxylic acids is 1. The summed E-state index contributed by atoms with van der Waals surface area (Å²) in [6, 6.07) is -0.116. The molecule has 1 aliphatic carbocycles. The molecule has 1 saturated carbocycles. The summed E-state index contributed by atoms with van der Waals surface area (Å²) < 4.78 is 0. The molecule has 0 aromatic carbocycles. The number of urea groups is 1. The van der Waals surface area contributed by atoms with Crippen LogP contribution >= 0.6 is 0 Å². The lowest BCUT2D eigenvalue weighted by Gasteiger charge is -2.45. The minimum atomic E-state index is -0.335. The minimum absolute atomic E-state index is 0.0632. The zero-order valence-corrected chi connectivity index (χ0v) is 10.5. The maximum Gasteiger partial charge on any atom is 0.328 e. The van der Waals surface area contributed by atoms with Crippen LogP contribution in [0.4, 0.5) is 4.79 Å². The molecule has 0 radical (unpaired) electrons. The Kier molecular flexibility index (Phi) is 3.80. The quantitative estimate of drug-likeness (QED) is 0.318. The lowest BCUT2D eigenvalue weighted by Crippen LogP contribution is -2.50. The van der Waals surface area contributed by atoms with Gasteiger partial charge in [0.15, 0.2) is 0 Å². The van der Waals surface area contributed by atoms with Crippen LogP contribution in [0.15, 0.2) is 0 Å². The molecule has 2 amide bonds. The molecular weight excluding hydrogens is 204 g/mol. The molecular formula is C11H24N4O. The van der Waals surface area contributed by atoms with Gasteiger partial charge in [0.05, 0.1) is 0 Å². The van der Waals surface area contributed by atoms with E-state index in [1.54, 1.807) is 0 Å². The van der Waals surface area contributed by atoms with Crippen molar-refractivity contribution in [3.05, 3.63) is 0 Å². The van der Waals surface area contributed by atoms with Gasteiger partial charge >= 0.3 is 6.03 Å². The van der Waals surface area contributed by atoms with Crippen LogP contribution in [0.3, 0.4) is 0 Å². The molecule has 5 heteroatoms. The van der Waals surface area contributed by atoms with Crippen LogP contribution < -0.4 is 22.3 Å². The predicted octanol–water partition coefficient (Wildman–Crippen LogP) is 0.703. The van der Waals surface area contributed by atoms with Crippen molar-refractivity contribution in [2.24, 2.45) is 22.4 Å². The fourth-order valence-corrected chi connectivity index (χ4v) is 3.19. The van der Waals surface area contributed by atoms with Crippen LogP contribution in [0.2, 0.25) is 0 Å². The molecule has 0 aromatic heterocycles. The molecule has 94 valence electrons. The lowest BCUT2D eigenvalue weighted by molar-refractivity contribution is 0.0844. The summed E-state index contributed by atoms with van der Waals surface area (Å²) in [5.41, 5.74) is 8.45. The summed E-state index contributed by atoms with van der Waals surface area (Å²) in [5.74, 6) is 5.02. The standard InChI is InChI=1S/C11H24N4O/c1-10(2)4-8(12)5-11(3,6-10)7-14-9(16)15-13/h8H,4-7,12-13H2,1-3H3,(H2,14,15,16). The molecule has 0 spiro atoms. The van der Waals surface area contributed by atoms with E-state index in [1.165, 1.54) is 0 Å². The first kappa shape index (κ1) is 13.3. The topological polar surface area (TPSA) is 93.2 Å². The van der Waals surface area contributed by atoms with Crippen molar-refractivity contribution in [3.63, 3.8) is 0 Å². The van der Waals surface area contributed by atoms with Gasteiger partial charge in [0.1, 0.15) is 0 Å². The van der Waals surface area contributed by atoms with E-state index in [-0.39, 0.29) is 22.9 Å². The number of hydrogen-bond acceptors (Lipinski definition) is 3. The Morgan fingerprint density at radius 1 is 1.38 bits per heavy atom. The summed E-state index contributed by atoms with van der Waals surface area (Å²) in [5, 5.41) is 2.77. The number of nitrogens with one attached hydrogen (secondary N) is 2. The van der Waals surface area contributed by atoms with Crippen molar-refractivity contribution < 1.29 is 4.79 Å². The fourth-order valence-electron chi connectivity index (χ4n) is 3.19. The molecule has 1 rings (SSSR count). The first-order valence-corrected chi connectivity index (χ1v) is 5.76. The molecule has 5 nitrogen and oxygen atoms in total. The maximum absolute atomic E-state index is 11.1. The van der Waals surface area contributed by atoms with E-state index in [9.17, 15) is 4.79 Å². The van der Waals surface area contributed by atoms with Crippen LogP contribution in [0.5, 0.6) is 0 Å². The smallest absolute Gasteiger partial charge is 0.328 e. The van der Waals surface area contributed by atoms with Crippen molar-refractivity contribution in [2.45, 2.75) is 46.1 Å². The predicted molar refractivity (Wildman–Crippen MR) is 64.4 cm³/mol. The number of amides is 2. The molecule has 6 N–H and O–H groups in total. The number of hydrazine groups is 1. The Bertz CT molecular complexity index is 267. The summed E-state index contributed by atoms with van der Waals surface area (Å²) in [6.07, 6.45) is 3.06. The normalized spacial score (nSPS) is 33.2. The van der Waals surface area contributed by atoms with Crippen molar-refractivity contribution in [3.8, 4) is 0 Å². The van der Waals surface area contributed by atoms with E-state index in [4.69, 9.17) is 11.6 Å². The van der Waals surface area contributed by atoms with Gasteiger partial charge in [-0.05, 0) is 30.1 Å². The molecule has 0 aromatic rings. The molecule has 1 fully saturated rings. The molecule has 2 atom stereocenters. The van der Waals surface area contributed by atoms with Crippen LogP contribution in [0, 0.1) is 10.8 Å². The maximum atomic E-state index is 11.1. The van der Waals surface area contributed by atoms with Gasteiger partial charge in [-0.1, -0.05) is 20.8 Å². The Morgan fingerprint density at radius 2 is 2.00 bits per heavy atom. The molecule has 0 bridgehead atoms. The van der Waals surface area contributed by atoms with Gasteiger partial charge in [0.25, 0.3) is 0 Å². The first-order chi connectivity index (χ1) is 7.26. The minimum Gasteiger partial charge on any atom is -0.337 e. The molecule has 0 saturated heterocycles. The second-order valence-corrected chi connectivity index (χ2v) is 6.15. The van der Waals surface area contributed by atoms with Gasteiger partial charge in [-0.3, -0.25) is 5.43 Å². The highest BCUT2D eigenvalue weighted by atomic mass is 16.2. The van der Waals surface area contributed by atoms with E-state index >= 15 is 0 Å². The van der Waals surface area contributed by atoms with Gasteiger partial charge in [-0.15, -0.1) is 0 Å². The zero-order valence-electron chi connectivity index (χ0n) is 10.5. The largest absolute Gasteiger partial charge is 0.337 e. The highest BCUT2D eigenvalue weighted by Gasteiger charge is 2.40. The van der Waals surface area contributed by atoms with Crippen molar-refractivity contribution in [1.82, 2.24) is 10.7 Å². The van der Waals surface area contributed by atoms with E-state index < -0.39 is 0 Å². The van der Waals surface area contributed by atoms with Gasteiger partial charge in [-0.2, -0.15) is 0 Å². The summed E-state index contributed by atoms with van der Waals surface area (Å²) in [7, 11) is 0. The number of rotatable bonds is 2. The van der Waals surface area contributed by atoms with Crippen LogP contribution in [0.1, 0.15) is 40.0 Å². The summed E-state index contributed by atoms with van der Waals surface area (Å²) >= 11 is 0. The number of hydrogen-bond donors (Lipinski definition) is 4. The molecule has 0 aliphatic heterocycles. The average molecular weight is 228 g/mol. The third-order valence-corrected chi connectivity index (χ3v) is 3.28. The lowest BCUT2D eigenvalue weighted by atomic mass is 9.63. The second-order valence-electron chi connectivity index (χ2n) is 6.15. The summed E-state index contributed by atoms with van der Waals surface area (Å²) in [4.78, 5) is 11.1. The van der Waals surface area contributed by atoms with Crippen molar-refractivity contribution in [2.75, 3.05) is 6.54 Å². The molecule has 16 heavy (non-hydrogen) atoms. The Morgan fingerprint density at radius 3 is 2.50 bits per heavy atom. The highest BCUT2D eigenvalue weighted by Crippen LogP contribution is 2.45. The van der Waals surface area contributed by atoms with E-state index in [2.05, 4.69) is 31.5 Å². The van der Waals surface area contributed by atoms with Crippen LogP contribution in [-0.2, 0) is 0 Å². The number of carbonyl (C=O) groups is 1. The van der Waals surface area contributed by atoms with E-state index in [0.29, 0.717) is 6.54 Å². The first-order valence-electron chi connectivity index (χ1n) is 5.76. The highest BCUT2D eigenvalue weighted by molar-refractivity contribution is 5.73. The zero-order chi connectivity index (χ0) is 12.4. The number of nitrogens with two attached hydrogens (primary N) is 2. The Hall–Kier alpha value is -0.810. The van der Waals surface area contributed by atoms with Gasteiger partial charge in [-0.25, -0.2) is 10.6 Å². The molecule has 2 unspecified atom stereocenters. The van der Waals surface area contributed by atoms with E-state index in [1.807, 2.05) is 0 Å². The van der Waals surface area contributed by atoms with Crippen molar-refractivity contribution >= 4 is 6.03 Å². The van der Waals surface area contributed by atoms with E-state index in [0.717, 1.165) is 19.3 Å². The fraction of sp³-hybridized carbons (Fsp3) is 0.909. The van der Waals surface area contributed by atoms with Crippen LogP contribution in [-0.4, -0.2) is 18.6 Å². The monoisotopic (exact) mass is 228 g/mol. The Labute approximate surface area is 97.3 Å². The Balaban J connectivity index is 2.58. The van der Waals surface area contributed by atoms with Gasteiger partial charge in [0.2, 0.25) is 0 Å². The SMILES string of the molecule is CC1(C)CC(N)CC(C)(CNC(=O)NN)C1. The molecule has 0 heterocycles. The van der Waals surface area contributed by atoms with Crippen LogP contribution in [0.25, 0.3) is 0 Å².